The maximum absolute atomic E-state index is 5.75. The number of nitrogens with one attached hydrogen (secondary N) is 1. The molecule has 1 atom stereocenters. The van der Waals surface area contributed by atoms with Crippen LogP contribution in [0.4, 0.5) is 5.95 Å². The molecule has 1 unspecified atom stereocenters. The Morgan fingerprint density at radius 2 is 2.29 bits per heavy atom. The smallest absolute Gasteiger partial charge is 0.226 e. The van der Waals surface area contributed by atoms with Crippen molar-refractivity contribution < 1.29 is 4.74 Å². The van der Waals surface area contributed by atoms with E-state index in [2.05, 4.69) is 15.3 Å². The zero-order valence-corrected chi connectivity index (χ0v) is 10.4. The minimum atomic E-state index is 0.284. The number of aryl methyl sites for hydroxylation is 1. The van der Waals surface area contributed by atoms with Gasteiger partial charge in [0.1, 0.15) is 0 Å². The minimum absolute atomic E-state index is 0.284. The van der Waals surface area contributed by atoms with E-state index < -0.39 is 0 Å². The normalized spacial score (nSPS) is 16.6. The van der Waals surface area contributed by atoms with Gasteiger partial charge in [0, 0.05) is 24.3 Å². The second kappa shape index (κ2) is 5.31. The van der Waals surface area contributed by atoms with Gasteiger partial charge in [-0.05, 0) is 32.6 Å². The Morgan fingerprint density at radius 3 is 2.88 bits per heavy atom. The Bertz CT molecular complexity index is 379. The first-order valence-corrected chi connectivity index (χ1v) is 6.18. The molecule has 0 radical (unpaired) electrons. The first-order valence-electron chi connectivity index (χ1n) is 6.18. The minimum Gasteiger partial charge on any atom is -0.478 e. The maximum Gasteiger partial charge on any atom is 0.226 e. The van der Waals surface area contributed by atoms with Crippen molar-refractivity contribution in [3.8, 4) is 5.88 Å². The van der Waals surface area contributed by atoms with E-state index in [1.165, 1.54) is 12.8 Å². The molecule has 0 amide bonds. The quantitative estimate of drug-likeness (QED) is 0.779. The second-order valence-corrected chi connectivity index (χ2v) is 4.43. The third-order valence-corrected chi connectivity index (χ3v) is 2.88. The van der Waals surface area contributed by atoms with Crippen molar-refractivity contribution in [3.05, 3.63) is 11.8 Å². The van der Waals surface area contributed by atoms with Crippen molar-refractivity contribution in [2.24, 2.45) is 11.7 Å². The van der Waals surface area contributed by atoms with Crippen LogP contribution >= 0.6 is 0 Å². The molecule has 5 heteroatoms. The molecule has 17 heavy (non-hydrogen) atoms. The summed E-state index contributed by atoms with van der Waals surface area (Å²) in [5.74, 6) is 1.92. The molecule has 1 aromatic heterocycles. The summed E-state index contributed by atoms with van der Waals surface area (Å²) in [6, 6.07) is 2.12. The summed E-state index contributed by atoms with van der Waals surface area (Å²) in [5.41, 5.74) is 6.65. The number of anilines is 1. The van der Waals surface area contributed by atoms with E-state index in [0.717, 1.165) is 5.69 Å². The molecule has 0 saturated heterocycles. The van der Waals surface area contributed by atoms with Crippen LogP contribution in [0, 0.1) is 12.8 Å². The van der Waals surface area contributed by atoms with E-state index in [9.17, 15) is 0 Å². The molecule has 1 aromatic rings. The lowest BCUT2D eigenvalue weighted by Gasteiger charge is -2.16. The van der Waals surface area contributed by atoms with Gasteiger partial charge in [-0.15, -0.1) is 0 Å². The summed E-state index contributed by atoms with van der Waals surface area (Å²) in [6.07, 6.45) is 2.50. The fourth-order valence-corrected chi connectivity index (χ4v) is 1.86. The number of nitrogens with two attached hydrogens (primary N) is 1. The monoisotopic (exact) mass is 236 g/mol. The third kappa shape index (κ3) is 3.30. The third-order valence-electron chi connectivity index (χ3n) is 2.88. The van der Waals surface area contributed by atoms with Crippen LogP contribution in [0.3, 0.4) is 0 Å². The van der Waals surface area contributed by atoms with E-state index >= 15 is 0 Å². The predicted molar refractivity (Wildman–Crippen MR) is 67.1 cm³/mol. The van der Waals surface area contributed by atoms with Gasteiger partial charge in [-0.2, -0.15) is 4.98 Å². The number of rotatable bonds is 6. The average Bonchev–Trinajstić information content (AvgIpc) is 3.09. The molecule has 1 aliphatic rings. The van der Waals surface area contributed by atoms with Gasteiger partial charge < -0.3 is 15.8 Å². The summed E-state index contributed by atoms with van der Waals surface area (Å²) < 4.78 is 5.40. The predicted octanol–water partition coefficient (Wildman–Crippen LogP) is 1.33. The van der Waals surface area contributed by atoms with Crippen molar-refractivity contribution in [3.63, 3.8) is 0 Å². The zero-order chi connectivity index (χ0) is 12.3. The summed E-state index contributed by atoms with van der Waals surface area (Å²) in [4.78, 5) is 8.68. The number of ether oxygens (including phenoxy) is 1. The molecule has 0 spiro atoms. The largest absolute Gasteiger partial charge is 0.478 e. The SMILES string of the molecule is CCOc1cc(C)nc(NC(CN)C2CC2)n1. The summed E-state index contributed by atoms with van der Waals surface area (Å²) in [6.45, 7) is 5.10. The number of hydrogen-bond donors (Lipinski definition) is 2. The lowest BCUT2D eigenvalue weighted by molar-refractivity contribution is 0.326. The first-order chi connectivity index (χ1) is 8.22. The Labute approximate surface area is 102 Å². The van der Waals surface area contributed by atoms with Crippen LogP contribution in [0.15, 0.2) is 6.07 Å². The van der Waals surface area contributed by atoms with Gasteiger partial charge in [-0.1, -0.05) is 0 Å². The molecular formula is C12H20N4O. The van der Waals surface area contributed by atoms with Gasteiger partial charge in [0.25, 0.3) is 0 Å². The van der Waals surface area contributed by atoms with Crippen molar-refractivity contribution >= 4 is 5.95 Å². The van der Waals surface area contributed by atoms with E-state index in [1.807, 2.05) is 19.9 Å². The summed E-state index contributed by atoms with van der Waals surface area (Å²) >= 11 is 0. The highest BCUT2D eigenvalue weighted by Gasteiger charge is 2.30. The van der Waals surface area contributed by atoms with Crippen LogP contribution in [0.1, 0.15) is 25.5 Å². The lowest BCUT2D eigenvalue weighted by Crippen LogP contribution is -2.31. The molecule has 0 bridgehead atoms. The van der Waals surface area contributed by atoms with Gasteiger partial charge in [-0.25, -0.2) is 4.98 Å². The van der Waals surface area contributed by atoms with Crippen molar-refractivity contribution in [2.75, 3.05) is 18.5 Å². The standard InChI is InChI=1S/C12H20N4O/c1-3-17-11-6-8(2)14-12(16-11)15-10(7-13)9-4-5-9/h6,9-10H,3-5,7,13H2,1-2H3,(H,14,15,16). The van der Waals surface area contributed by atoms with Gasteiger partial charge in [-0.3, -0.25) is 0 Å². The lowest BCUT2D eigenvalue weighted by atomic mass is 10.2. The van der Waals surface area contributed by atoms with Crippen molar-refractivity contribution in [1.82, 2.24) is 9.97 Å². The highest BCUT2D eigenvalue weighted by atomic mass is 16.5. The first kappa shape index (κ1) is 12.1. The van der Waals surface area contributed by atoms with Crippen LogP contribution in [0.5, 0.6) is 5.88 Å². The van der Waals surface area contributed by atoms with Crippen molar-refractivity contribution in [2.45, 2.75) is 32.7 Å². The molecule has 0 aliphatic heterocycles. The van der Waals surface area contributed by atoms with E-state index in [-0.39, 0.29) is 6.04 Å². The molecule has 2 rings (SSSR count). The Balaban J connectivity index is 2.08. The van der Waals surface area contributed by atoms with Gasteiger partial charge in [0.15, 0.2) is 0 Å². The molecule has 1 fully saturated rings. The fourth-order valence-electron chi connectivity index (χ4n) is 1.86. The molecule has 94 valence electrons. The van der Waals surface area contributed by atoms with E-state index in [0.29, 0.717) is 30.9 Å². The Hall–Kier alpha value is -1.36. The molecular weight excluding hydrogens is 216 g/mol. The fraction of sp³-hybridized carbons (Fsp3) is 0.667. The van der Waals surface area contributed by atoms with Crippen LogP contribution < -0.4 is 15.8 Å². The Kier molecular flexibility index (Phi) is 3.78. The van der Waals surface area contributed by atoms with Crippen molar-refractivity contribution in [1.29, 1.82) is 0 Å². The number of aromatic nitrogens is 2. The highest BCUT2D eigenvalue weighted by Crippen LogP contribution is 2.33. The molecule has 1 aliphatic carbocycles. The second-order valence-electron chi connectivity index (χ2n) is 4.43. The summed E-state index contributed by atoms with van der Waals surface area (Å²) in [5, 5.41) is 3.30. The van der Waals surface area contributed by atoms with Crippen LogP contribution in [-0.2, 0) is 0 Å². The molecule has 1 heterocycles. The number of hydrogen-bond acceptors (Lipinski definition) is 5. The van der Waals surface area contributed by atoms with Crippen LogP contribution in [-0.4, -0.2) is 29.2 Å². The summed E-state index contributed by atoms with van der Waals surface area (Å²) in [7, 11) is 0. The number of nitrogens with zero attached hydrogens (tertiary/aromatic N) is 2. The highest BCUT2D eigenvalue weighted by molar-refractivity contribution is 5.32. The van der Waals surface area contributed by atoms with Crippen LogP contribution in [0.2, 0.25) is 0 Å². The van der Waals surface area contributed by atoms with Gasteiger partial charge in [0.2, 0.25) is 11.8 Å². The maximum atomic E-state index is 5.75. The topological polar surface area (TPSA) is 73.1 Å². The average molecular weight is 236 g/mol. The van der Waals surface area contributed by atoms with E-state index in [1.54, 1.807) is 0 Å². The van der Waals surface area contributed by atoms with Gasteiger partial charge in [0.05, 0.1) is 6.61 Å². The molecule has 3 N–H and O–H groups in total. The van der Waals surface area contributed by atoms with E-state index in [4.69, 9.17) is 10.5 Å². The van der Waals surface area contributed by atoms with Gasteiger partial charge >= 0.3 is 0 Å². The Morgan fingerprint density at radius 1 is 1.53 bits per heavy atom. The molecule has 0 aromatic carbocycles. The molecule has 5 nitrogen and oxygen atoms in total. The molecule has 1 saturated carbocycles. The zero-order valence-electron chi connectivity index (χ0n) is 10.4. The van der Waals surface area contributed by atoms with Crippen LogP contribution in [0.25, 0.3) is 0 Å².